The first-order valence-corrected chi connectivity index (χ1v) is 9.27. The molecule has 6 heteroatoms. The predicted octanol–water partition coefficient (Wildman–Crippen LogP) is 2.79. The Kier molecular flexibility index (Phi) is 4.46. The maximum atomic E-state index is 13.7. The molecule has 4 nitrogen and oxygen atoms in total. The third-order valence-corrected chi connectivity index (χ3v) is 5.78. The summed E-state index contributed by atoms with van der Waals surface area (Å²) in [6.45, 7) is 1.26. The highest BCUT2D eigenvalue weighted by Crippen LogP contribution is 2.28. The SMILES string of the molecule is O=C(C[NH+]1CCC[C@@H]1c1nc2ccccc2s1)Nc1ccccc1F. The maximum absolute atomic E-state index is 13.7. The fraction of sp³-hybridized carbons (Fsp3) is 0.263. The van der Waals surface area contributed by atoms with Gasteiger partial charge < -0.3 is 10.2 Å². The summed E-state index contributed by atoms with van der Waals surface area (Å²) in [7, 11) is 0. The van der Waals surface area contributed by atoms with Crippen molar-refractivity contribution in [1.29, 1.82) is 0 Å². The zero-order valence-corrected chi connectivity index (χ0v) is 14.5. The van der Waals surface area contributed by atoms with Crippen molar-refractivity contribution in [3.63, 3.8) is 0 Å². The molecule has 0 radical (unpaired) electrons. The van der Waals surface area contributed by atoms with Gasteiger partial charge in [0.15, 0.2) is 11.6 Å². The molecule has 2 aromatic carbocycles. The van der Waals surface area contributed by atoms with Crippen molar-refractivity contribution in [3.05, 3.63) is 59.4 Å². The van der Waals surface area contributed by atoms with Crippen molar-refractivity contribution in [2.75, 3.05) is 18.4 Å². The number of likely N-dealkylation sites (tertiary alicyclic amines) is 1. The number of halogens is 1. The topological polar surface area (TPSA) is 46.4 Å². The van der Waals surface area contributed by atoms with E-state index in [1.165, 1.54) is 15.7 Å². The Morgan fingerprint density at radius 2 is 2.04 bits per heavy atom. The van der Waals surface area contributed by atoms with Gasteiger partial charge in [0.05, 0.1) is 22.4 Å². The molecular weight excluding hydrogens is 337 g/mol. The van der Waals surface area contributed by atoms with Gasteiger partial charge in [0.2, 0.25) is 0 Å². The largest absolute Gasteiger partial charge is 0.319 e. The molecule has 1 saturated heterocycles. The van der Waals surface area contributed by atoms with Crippen molar-refractivity contribution in [2.24, 2.45) is 0 Å². The van der Waals surface area contributed by atoms with Crippen molar-refractivity contribution < 1.29 is 14.1 Å². The van der Waals surface area contributed by atoms with E-state index in [0.29, 0.717) is 6.54 Å². The van der Waals surface area contributed by atoms with E-state index in [0.717, 1.165) is 29.9 Å². The van der Waals surface area contributed by atoms with Gasteiger partial charge in [-0.15, -0.1) is 11.3 Å². The summed E-state index contributed by atoms with van der Waals surface area (Å²) < 4.78 is 14.9. The lowest BCUT2D eigenvalue weighted by atomic mass is 10.2. The van der Waals surface area contributed by atoms with Crippen LogP contribution in [-0.4, -0.2) is 24.0 Å². The fourth-order valence-corrected chi connectivity index (χ4v) is 4.58. The van der Waals surface area contributed by atoms with Crippen LogP contribution in [0, 0.1) is 5.82 Å². The van der Waals surface area contributed by atoms with Gasteiger partial charge >= 0.3 is 0 Å². The highest BCUT2D eigenvalue weighted by Gasteiger charge is 2.34. The van der Waals surface area contributed by atoms with Gasteiger partial charge in [-0.2, -0.15) is 0 Å². The second-order valence-electron chi connectivity index (χ2n) is 6.33. The normalized spacial score (nSPS) is 20.0. The lowest BCUT2D eigenvalue weighted by Gasteiger charge is -2.19. The highest BCUT2D eigenvalue weighted by atomic mass is 32.1. The number of rotatable bonds is 4. The summed E-state index contributed by atoms with van der Waals surface area (Å²) in [6.07, 6.45) is 2.10. The van der Waals surface area contributed by atoms with Gasteiger partial charge in [-0.25, -0.2) is 9.37 Å². The van der Waals surface area contributed by atoms with E-state index in [1.807, 2.05) is 18.2 Å². The molecule has 0 saturated carbocycles. The van der Waals surface area contributed by atoms with Crippen LogP contribution in [0.3, 0.4) is 0 Å². The Labute approximate surface area is 149 Å². The van der Waals surface area contributed by atoms with Gasteiger partial charge in [0.1, 0.15) is 11.9 Å². The zero-order chi connectivity index (χ0) is 17.2. The molecular formula is C19H19FN3OS+. The molecule has 2 heterocycles. The number of carbonyl (C=O) groups is 1. The number of nitrogens with zero attached hydrogens (tertiary/aromatic N) is 1. The van der Waals surface area contributed by atoms with Crippen LogP contribution in [0.15, 0.2) is 48.5 Å². The van der Waals surface area contributed by atoms with Crippen LogP contribution in [0.5, 0.6) is 0 Å². The lowest BCUT2D eigenvalue weighted by Crippen LogP contribution is -3.11. The first-order valence-electron chi connectivity index (χ1n) is 8.45. The van der Waals surface area contributed by atoms with E-state index in [1.54, 1.807) is 29.5 Å². The van der Waals surface area contributed by atoms with Gasteiger partial charge in [-0.3, -0.25) is 4.79 Å². The third-order valence-electron chi connectivity index (χ3n) is 4.63. The Hall–Kier alpha value is -2.31. The number of para-hydroxylation sites is 2. The molecule has 0 bridgehead atoms. The summed E-state index contributed by atoms with van der Waals surface area (Å²) in [5, 5.41) is 3.77. The second kappa shape index (κ2) is 6.90. The van der Waals surface area contributed by atoms with E-state index in [4.69, 9.17) is 4.98 Å². The van der Waals surface area contributed by atoms with Crippen molar-refractivity contribution >= 4 is 33.1 Å². The molecule has 1 aliphatic rings. The number of thiazole rings is 1. The zero-order valence-electron chi connectivity index (χ0n) is 13.7. The van der Waals surface area contributed by atoms with E-state index in [2.05, 4.69) is 11.4 Å². The molecule has 1 amide bonds. The van der Waals surface area contributed by atoms with Crippen LogP contribution in [0.2, 0.25) is 0 Å². The molecule has 1 unspecified atom stereocenters. The predicted molar refractivity (Wildman–Crippen MR) is 97.3 cm³/mol. The molecule has 128 valence electrons. The quantitative estimate of drug-likeness (QED) is 0.755. The van der Waals surface area contributed by atoms with Gasteiger partial charge in [-0.1, -0.05) is 24.3 Å². The number of aromatic nitrogens is 1. The fourth-order valence-electron chi connectivity index (χ4n) is 3.42. The second-order valence-corrected chi connectivity index (χ2v) is 7.39. The monoisotopic (exact) mass is 356 g/mol. The van der Waals surface area contributed by atoms with Crippen LogP contribution < -0.4 is 10.2 Å². The summed E-state index contributed by atoms with van der Waals surface area (Å²) in [5.74, 6) is -0.567. The number of anilines is 1. The number of carbonyl (C=O) groups excluding carboxylic acids is 1. The standard InChI is InChI=1S/C19H18FN3OS/c20-13-6-1-2-7-14(13)21-18(24)12-23-11-5-9-16(23)19-22-15-8-3-4-10-17(15)25-19/h1-4,6-8,10,16H,5,9,11-12H2,(H,21,24)/p+1/t16-/m1/s1. The highest BCUT2D eigenvalue weighted by molar-refractivity contribution is 7.18. The maximum Gasteiger partial charge on any atom is 0.279 e. The number of amides is 1. The minimum atomic E-state index is -0.407. The van der Waals surface area contributed by atoms with Crippen LogP contribution in [0.25, 0.3) is 10.2 Å². The minimum Gasteiger partial charge on any atom is -0.319 e. The van der Waals surface area contributed by atoms with Gasteiger partial charge in [0, 0.05) is 12.8 Å². The average Bonchev–Trinajstić information content (AvgIpc) is 3.23. The number of nitrogens with one attached hydrogen (secondary N) is 2. The average molecular weight is 356 g/mol. The van der Waals surface area contributed by atoms with Crippen LogP contribution in [0.1, 0.15) is 23.9 Å². The van der Waals surface area contributed by atoms with E-state index >= 15 is 0 Å². The van der Waals surface area contributed by atoms with Crippen LogP contribution >= 0.6 is 11.3 Å². The number of fused-ring (bicyclic) bond motifs is 1. The number of hydrogen-bond acceptors (Lipinski definition) is 3. The van der Waals surface area contributed by atoms with E-state index < -0.39 is 5.82 Å². The first-order chi connectivity index (χ1) is 12.2. The Morgan fingerprint density at radius 3 is 2.88 bits per heavy atom. The number of quaternary nitrogens is 1. The smallest absolute Gasteiger partial charge is 0.279 e. The van der Waals surface area contributed by atoms with E-state index in [9.17, 15) is 9.18 Å². The first kappa shape index (κ1) is 16.2. The summed E-state index contributed by atoms with van der Waals surface area (Å²) in [6, 6.07) is 14.6. The van der Waals surface area contributed by atoms with Crippen LogP contribution in [0.4, 0.5) is 10.1 Å². The summed E-state index contributed by atoms with van der Waals surface area (Å²) in [5.41, 5.74) is 1.26. The number of hydrogen-bond donors (Lipinski definition) is 2. The summed E-state index contributed by atoms with van der Waals surface area (Å²) in [4.78, 5) is 18.3. The van der Waals surface area contributed by atoms with E-state index in [-0.39, 0.29) is 17.6 Å². The molecule has 1 fully saturated rings. The van der Waals surface area contributed by atoms with Crippen LogP contribution in [-0.2, 0) is 4.79 Å². The molecule has 1 aromatic heterocycles. The molecule has 4 rings (SSSR count). The molecule has 2 N–H and O–H groups in total. The Bertz CT molecular complexity index is 877. The van der Waals surface area contributed by atoms with Gasteiger partial charge in [-0.05, 0) is 24.3 Å². The van der Waals surface area contributed by atoms with Crippen molar-refractivity contribution in [3.8, 4) is 0 Å². The molecule has 0 aliphatic carbocycles. The molecule has 25 heavy (non-hydrogen) atoms. The summed E-state index contributed by atoms with van der Waals surface area (Å²) >= 11 is 1.71. The molecule has 2 atom stereocenters. The minimum absolute atomic E-state index is 0.159. The Morgan fingerprint density at radius 1 is 1.24 bits per heavy atom. The Balaban J connectivity index is 1.48. The van der Waals surface area contributed by atoms with Gasteiger partial charge in [0.25, 0.3) is 5.91 Å². The molecule has 1 aliphatic heterocycles. The molecule has 3 aromatic rings. The third kappa shape index (κ3) is 3.41. The molecule has 0 spiro atoms. The van der Waals surface area contributed by atoms with Crippen molar-refractivity contribution in [2.45, 2.75) is 18.9 Å². The number of benzene rings is 2. The lowest BCUT2D eigenvalue weighted by molar-refractivity contribution is -0.910. The van der Waals surface area contributed by atoms with Crippen molar-refractivity contribution in [1.82, 2.24) is 4.98 Å².